The Morgan fingerprint density at radius 2 is 1.96 bits per heavy atom. The molecule has 138 valence electrons. The molecule has 0 unspecified atom stereocenters. The van der Waals surface area contributed by atoms with Gasteiger partial charge in [0.25, 0.3) is 0 Å². The van der Waals surface area contributed by atoms with Gasteiger partial charge in [0, 0.05) is 37.5 Å². The number of rotatable bonds is 4. The van der Waals surface area contributed by atoms with Crippen molar-refractivity contribution in [2.45, 2.75) is 50.5 Å². The van der Waals surface area contributed by atoms with Gasteiger partial charge in [0.15, 0.2) is 0 Å². The normalized spacial score (nSPS) is 18.8. The lowest BCUT2D eigenvalue weighted by Crippen LogP contribution is -2.40. The third-order valence-electron chi connectivity index (χ3n) is 5.27. The smallest absolute Gasteiger partial charge is 0.321 e. The van der Waals surface area contributed by atoms with Crippen LogP contribution >= 0.6 is 0 Å². The zero-order chi connectivity index (χ0) is 17.8. The van der Waals surface area contributed by atoms with Crippen LogP contribution < -0.4 is 10.1 Å². The Kier molecular flexibility index (Phi) is 5.04. The van der Waals surface area contributed by atoms with Crippen LogP contribution in [0.5, 0.6) is 5.88 Å². The number of imidazole rings is 1. The second kappa shape index (κ2) is 7.76. The molecule has 4 rings (SSSR count). The fourth-order valence-electron chi connectivity index (χ4n) is 3.76. The van der Waals surface area contributed by atoms with Gasteiger partial charge in [0.05, 0.1) is 11.9 Å². The van der Waals surface area contributed by atoms with Crippen molar-refractivity contribution in [1.29, 1.82) is 0 Å². The van der Waals surface area contributed by atoms with E-state index in [9.17, 15) is 4.79 Å². The molecule has 2 fully saturated rings. The first kappa shape index (κ1) is 16.9. The number of ether oxygens (including phenoxy) is 1. The minimum Gasteiger partial charge on any atom is -0.474 e. The monoisotopic (exact) mass is 355 g/mol. The Bertz CT molecular complexity index is 702. The number of amides is 2. The number of carbonyl (C=O) groups excluding carboxylic acids is 1. The van der Waals surface area contributed by atoms with E-state index >= 15 is 0 Å². The number of hydrogen-bond donors (Lipinski definition) is 2. The zero-order valence-electron chi connectivity index (χ0n) is 14.9. The predicted molar refractivity (Wildman–Crippen MR) is 98.3 cm³/mol. The number of piperidine rings is 1. The van der Waals surface area contributed by atoms with E-state index in [-0.39, 0.29) is 6.03 Å². The molecule has 0 radical (unpaired) electrons. The second-order valence-corrected chi connectivity index (χ2v) is 7.08. The molecule has 3 heterocycles. The summed E-state index contributed by atoms with van der Waals surface area (Å²) in [7, 11) is 0. The number of pyridine rings is 1. The molecule has 0 atom stereocenters. The largest absolute Gasteiger partial charge is 0.474 e. The van der Waals surface area contributed by atoms with Crippen molar-refractivity contribution in [3.8, 4) is 5.88 Å². The fraction of sp³-hybridized carbons (Fsp3) is 0.526. The number of urea groups is 1. The van der Waals surface area contributed by atoms with Crippen LogP contribution in [0.25, 0.3) is 0 Å². The highest BCUT2D eigenvalue weighted by molar-refractivity contribution is 5.89. The van der Waals surface area contributed by atoms with Crippen molar-refractivity contribution in [3.05, 3.63) is 36.5 Å². The van der Waals surface area contributed by atoms with Crippen LogP contribution in [0.15, 0.2) is 30.7 Å². The number of H-pyrrole nitrogens is 1. The van der Waals surface area contributed by atoms with Crippen LogP contribution in [0.2, 0.25) is 0 Å². The highest BCUT2D eigenvalue weighted by atomic mass is 16.5. The topological polar surface area (TPSA) is 83.1 Å². The summed E-state index contributed by atoms with van der Waals surface area (Å²) in [6, 6.07) is 3.61. The molecule has 1 aliphatic carbocycles. The maximum absolute atomic E-state index is 12.5. The third-order valence-corrected chi connectivity index (χ3v) is 5.27. The van der Waals surface area contributed by atoms with Gasteiger partial charge in [-0.05, 0) is 44.6 Å². The Hall–Kier alpha value is -2.57. The molecule has 26 heavy (non-hydrogen) atoms. The summed E-state index contributed by atoms with van der Waals surface area (Å²) >= 11 is 0. The third kappa shape index (κ3) is 3.98. The Morgan fingerprint density at radius 1 is 1.15 bits per heavy atom. The van der Waals surface area contributed by atoms with Gasteiger partial charge in [-0.15, -0.1) is 0 Å². The quantitative estimate of drug-likeness (QED) is 0.879. The molecule has 7 nitrogen and oxygen atoms in total. The first-order valence-electron chi connectivity index (χ1n) is 9.46. The lowest BCUT2D eigenvalue weighted by Gasteiger charge is -2.31. The molecule has 1 saturated carbocycles. The van der Waals surface area contributed by atoms with Crippen LogP contribution in [-0.4, -0.2) is 45.1 Å². The maximum atomic E-state index is 12.5. The molecular formula is C19H25N5O2. The van der Waals surface area contributed by atoms with E-state index in [4.69, 9.17) is 4.74 Å². The molecule has 1 aliphatic heterocycles. The first-order valence-corrected chi connectivity index (χ1v) is 9.46. The molecule has 0 aromatic carbocycles. The first-order chi connectivity index (χ1) is 12.8. The van der Waals surface area contributed by atoms with E-state index < -0.39 is 0 Å². The average molecular weight is 355 g/mol. The average Bonchev–Trinajstić information content (AvgIpc) is 3.37. The number of nitrogens with one attached hydrogen (secondary N) is 2. The molecule has 2 aromatic heterocycles. The summed E-state index contributed by atoms with van der Waals surface area (Å²) in [6.45, 7) is 1.46. The fourth-order valence-corrected chi connectivity index (χ4v) is 3.76. The van der Waals surface area contributed by atoms with Crippen LogP contribution in [-0.2, 0) is 0 Å². The van der Waals surface area contributed by atoms with Gasteiger partial charge < -0.3 is 19.9 Å². The van der Waals surface area contributed by atoms with Crippen molar-refractivity contribution in [2.24, 2.45) is 0 Å². The Morgan fingerprint density at radius 3 is 2.62 bits per heavy atom. The van der Waals surface area contributed by atoms with Crippen LogP contribution in [0, 0.1) is 0 Å². The van der Waals surface area contributed by atoms with E-state index in [2.05, 4.69) is 20.3 Å². The van der Waals surface area contributed by atoms with E-state index in [1.807, 2.05) is 23.2 Å². The lowest BCUT2D eigenvalue weighted by molar-refractivity contribution is 0.193. The van der Waals surface area contributed by atoms with Gasteiger partial charge >= 0.3 is 6.03 Å². The van der Waals surface area contributed by atoms with Crippen molar-refractivity contribution in [3.63, 3.8) is 0 Å². The Labute approximate surface area is 153 Å². The van der Waals surface area contributed by atoms with Crippen molar-refractivity contribution in [1.82, 2.24) is 19.9 Å². The lowest BCUT2D eigenvalue weighted by atomic mass is 9.96. The van der Waals surface area contributed by atoms with Gasteiger partial charge in [-0.25, -0.2) is 14.8 Å². The second-order valence-electron chi connectivity index (χ2n) is 7.08. The van der Waals surface area contributed by atoms with Gasteiger partial charge in [-0.1, -0.05) is 0 Å². The number of anilines is 1. The predicted octanol–water partition coefficient (Wildman–Crippen LogP) is 3.54. The van der Waals surface area contributed by atoms with E-state index in [0.29, 0.717) is 23.6 Å². The van der Waals surface area contributed by atoms with Crippen molar-refractivity contribution >= 4 is 11.7 Å². The summed E-state index contributed by atoms with van der Waals surface area (Å²) in [5.41, 5.74) is 0.696. The molecule has 2 aromatic rings. The summed E-state index contributed by atoms with van der Waals surface area (Å²) in [6.07, 6.45) is 12.1. The van der Waals surface area contributed by atoms with Crippen molar-refractivity contribution < 1.29 is 9.53 Å². The molecule has 2 N–H and O–H groups in total. The summed E-state index contributed by atoms with van der Waals surface area (Å²) < 4.78 is 5.86. The molecular weight excluding hydrogens is 330 g/mol. The number of nitrogens with zero attached hydrogens (tertiary/aromatic N) is 3. The minimum atomic E-state index is -0.0749. The molecule has 0 spiro atoms. The van der Waals surface area contributed by atoms with Gasteiger partial charge in [-0.3, -0.25) is 0 Å². The van der Waals surface area contributed by atoms with Gasteiger partial charge in [-0.2, -0.15) is 0 Å². The number of aromatic nitrogens is 3. The van der Waals surface area contributed by atoms with Crippen LogP contribution in [0.4, 0.5) is 10.5 Å². The van der Waals surface area contributed by atoms with Gasteiger partial charge in [0.2, 0.25) is 5.88 Å². The van der Waals surface area contributed by atoms with Crippen LogP contribution in [0.1, 0.15) is 50.3 Å². The number of hydrogen-bond acceptors (Lipinski definition) is 4. The SMILES string of the molecule is O=C(Nc1ccc(OC2CCCC2)nc1)N1CCC(c2ncc[nH]2)CC1. The summed E-state index contributed by atoms with van der Waals surface area (Å²) in [5, 5.41) is 2.93. The molecule has 1 saturated heterocycles. The summed E-state index contributed by atoms with van der Waals surface area (Å²) in [4.78, 5) is 26.1. The number of carbonyl (C=O) groups is 1. The minimum absolute atomic E-state index is 0.0749. The standard InChI is InChI=1S/C19H25N5O2/c25-19(24-11-7-14(8-12-24)18-20-9-10-21-18)23-15-5-6-17(22-13-15)26-16-3-1-2-4-16/h5-6,9-10,13-14,16H,1-4,7-8,11-12H2,(H,20,21)(H,23,25). The molecule has 0 bridgehead atoms. The number of aromatic amines is 1. The number of likely N-dealkylation sites (tertiary alicyclic amines) is 1. The zero-order valence-corrected chi connectivity index (χ0v) is 14.9. The maximum Gasteiger partial charge on any atom is 0.321 e. The molecule has 2 aliphatic rings. The van der Waals surface area contributed by atoms with E-state index in [1.54, 1.807) is 12.4 Å². The highest BCUT2D eigenvalue weighted by Crippen LogP contribution is 2.26. The highest BCUT2D eigenvalue weighted by Gasteiger charge is 2.25. The van der Waals surface area contributed by atoms with Crippen LogP contribution in [0.3, 0.4) is 0 Å². The molecule has 7 heteroatoms. The summed E-state index contributed by atoms with van der Waals surface area (Å²) in [5.74, 6) is 2.06. The molecule has 2 amide bonds. The van der Waals surface area contributed by atoms with E-state index in [0.717, 1.165) is 44.6 Å². The van der Waals surface area contributed by atoms with E-state index in [1.165, 1.54) is 12.8 Å². The van der Waals surface area contributed by atoms with Crippen molar-refractivity contribution in [2.75, 3.05) is 18.4 Å². The Balaban J connectivity index is 1.26. The van der Waals surface area contributed by atoms with Gasteiger partial charge in [0.1, 0.15) is 11.9 Å².